The number of fused-ring (bicyclic) bond motifs is 1. The second kappa shape index (κ2) is 3.58. The van der Waals surface area contributed by atoms with Crippen LogP contribution in [0.25, 0.3) is 5.57 Å². The van der Waals surface area contributed by atoms with E-state index in [2.05, 4.69) is 43.4 Å². The molecule has 2 N–H and O–H groups in total. The van der Waals surface area contributed by atoms with E-state index in [9.17, 15) is 0 Å². The highest BCUT2D eigenvalue weighted by Crippen LogP contribution is 2.25. The van der Waals surface area contributed by atoms with Gasteiger partial charge in [-0.15, -0.1) is 0 Å². The third kappa shape index (κ3) is 1.41. The second-order valence-corrected chi connectivity index (χ2v) is 3.04. The first kappa shape index (κ1) is 9.74. The minimum absolute atomic E-state index is 0. The first-order valence-electron chi connectivity index (χ1n) is 3.90. The summed E-state index contributed by atoms with van der Waals surface area (Å²) in [6, 6.07) is 8.52. The second-order valence-electron chi connectivity index (χ2n) is 3.04. The van der Waals surface area contributed by atoms with Gasteiger partial charge in [-0.3, -0.25) is 5.32 Å². The molecule has 2 rings (SSSR count). The maximum atomic E-state index is 2.24. The van der Waals surface area contributed by atoms with Crippen LogP contribution in [-0.2, 0) is 0 Å². The molecule has 1 heterocycles. The van der Waals surface area contributed by atoms with Crippen LogP contribution < -0.4 is 29.3 Å². The number of allylic oxidation sites excluding steroid dienone is 2. The Morgan fingerprint density at radius 3 is 2.42 bits per heavy atom. The van der Waals surface area contributed by atoms with Crippen molar-refractivity contribution in [1.82, 2.24) is 0 Å². The fourth-order valence-electron chi connectivity index (χ4n) is 1.52. The molecule has 1 aromatic carbocycles. The molecule has 2 heteroatoms. The van der Waals surface area contributed by atoms with Crippen molar-refractivity contribution in [3.8, 4) is 0 Å². The molecule has 0 unspecified atom stereocenters. The number of quaternary nitrogens is 1. The van der Waals surface area contributed by atoms with Gasteiger partial charge in [-0.1, -0.05) is 12.1 Å². The maximum absolute atomic E-state index is 2.24. The van der Waals surface area contributed by atoms with E-state index in [0.717, 1.165) is 0 Å². The molecule has 0 radical (unpaired) electrons. The fraction of sp³-hybridized carbons (Fsp3) is 0.200. The minimum atomic E-state index is 0. The van der Waals surface area contributed by atoms with Crippen LogP contribution in [0, 0.1) is 0 Å². The van der Waals surface area contributed by atoms with Gasteiger partial charge in [0.2, 0.25) is 0 Å². The molecule has 1 nitrogen and oxygen atoms in total. The topological polar surface area (TPSA) is 16.6 Å². The quantitative estimate of drug-likeness (QED) is 0.445. The third-order valence-corrected chi connectivity index (χ3v) is 2.33. The molecule has 1 aliphatic heterocycles. The van der Waals surface area contributed by atoms with Crippen molar-refractivity contribution < 1.29 is 29.3 Å². The van der Waals surface area contributed by atoms with E-state index in [-0.39, 0.29) is 24.0 Å². The lowest BCUT2D eigenvalue weighted by Crippen LogP contribution is -3.00. The summed E-state index contributed by atoms with van der Waals surface area (Å²) in [5, 5.41) is 2.24. The van der Waals surface area contributed by atoms with Crippen LogP contribution in [-0.4, -0.2) is 0 Å². The maximum Gasteiger partial charge on any atom is 0.142 e. The van der Waals surface area contributed by atoms with Crippen molar-refractivity contribution in [1.29, 1.82) is 0 Å². The van der Waals surface area contributed by atoms with E-state index in [0.29, 0.717) is 0 Å². The summed E-state index contributed by atoms with van der Waals surface area (Å²) in [6.07, 6.45) is 0. The third-order valence-electron chi connectivity index (χ3n) is 2.33. The van der Waals surface area contributed by atoms with Crippen LogP contribution in [0.3, 0.4) is 0 Å². The molecule has 1 aromatic rings. The molecule has 0 spiro atoms. The number of para-hydroxylation sites is 1. The fourth-order valence-corrected chi connectivity index (χ4v) is 1.52. The van der Waals surface area contributed by atoms with Gasteiger partial charge in [0.1, 0.15) is 11.4 Å². The number of nitrogens with two attached hydrogens (primary N) is 1. The van der Waals surface area contributed by atoms with Crippen LogP contribution in [0.5, 0.6) is 0 Å². The lowest BCUT2D eigenvalue weighted by atomic mass is 10.1. The van der Waals surface area contributed by atoms with Gasteiger partial charge in [0.15, 0.2) is 0 Å². The highest BCUT2D eigenvalue weighted by molar-refractivity contribution is 5.75. The van der Waals surface area contributed by atoms with E-state index < -0.39 is 0 Å². The Balaban J connectivity index is 0.000000720. The predicted molar refractivity (Wildman–Crippen MR) is 46.3 cm³/mol. The summed E-state index contributed by atoms with van der Waals surface area (Å²) < 4.78 is 0. The van der Waals surface area contributed by atoms with Crippen molar-refractivity contribution in [2.45, 2.75) is 13.8 Å². The molecule has 0 saturated heterocycles. The average molecular weight is 273 g/mol. The van der Waals surface area contributed by atoms with Gasteiger partial charge in [0, 0.05) is 24.1 Å². The van der Waals surface area contributed by atoms with Gasteiger partial charge in [-0.2, -0.15) is 0 Å². The highest BCUT2D eigenvalue weighted by Gasteiger charge is 2.18. The summed E-state index contributed by atoms with van der Waals surface area (Å²) in [6.45, 7) is 4.34. The van der Waals surface area contributed by atoms with Crippen LogP contribution >= 0.6 is 0 Å². The van der Waals surface area contributed by atoms with Crippen molar-refractivity contribution in [3.63, 3.8) is 0 Å². The number of halogens is 1. The average Bonchev–Trinajstić information content (AvgIpc) is 2.30. The first-order chi connectivity index (χ1) is 5.29. The summed E-state index contributed by atoms with van der Waals surface area (Å²) in [7, 11) is 0. The molecule has 0 atom stereocenters. The monoisotopic (exact) mass is 273 g/mol. The van der Waals surface area contributed by atoms with Gasteiger partial charge in [0.05, 0.1) is 0 Å². The zero-order valence-electron chi connectivity index (χ0n) is 7.26. The number of rotatable bonds is 0. The Morgan fingerprint density at radius 2 is 1.75 bits per heavy atom. The Hall–Kier alpha value is -0.350. The van der Waals surface area contributed by atoms with Gasteiger partial charge in [-0.05, 0) is 13.0 Å². The normalized spacial score (nSPS) is 14.2. The lowest BCUT2D eigenvalue weighted by molar-refractivity contribution is -0.512. The van der Waals surface area contributed by atoms with Gasteiger partial charge in [0.25, 0.3) is 0 Å². The number of hydrogen-bond acceptors (Lipinski definition) is 0. The molecule has 0 amide bonds. The molecule has 12 heavy (non-hydrogen) atoms. The molecule has 0 bridgehead atoms. The standard InChI is InChI=1S/C10H11N.HI/c1-7-8(2)11-10-6-4-3-5-9(7)10;/h3-6,11H,1-2H3;1H. The van der Waals surface area contributed by atoms with E-state index in [1.165, 1.54) is 22.5 Å². The molecular weight excluding hydrogens is 261 g/mol. The van der Waals surface area contributed by atoms with Gasteiger partial charge >= 0.3 is 0 Å². The zero-order chi connectivity index (χ0) is 7.84. The van der Waals surface area contributed by atoms with Crippen LogP contribution in [0.15, 0.2) is 30.0 Å². The molecule has 0 saturated carbocycles. The minimum Gasteiger partial charge on any atom is -1.00 e. The van der Waals surface area contributed by atoms with Crippen molar-refractivity contribution in [2.24, 2.45) is 0 Å². The van der Waals surface area contributed by atoms with Crippen molar-refractivity contribution in [3.05, 3.63) is 35.5 Å². The Labute approximate surface area is 89.9 Å². The van der Waals surface area contributed by atoms with Crippen LogP contribution in [0.1, 0.15) is 19.4 Å². The highest BCUT2D eigenvalue weighted by atomic mass is 127. The van der Waals surface area contributed by atoms with E-state index in [1.807, 2.05) is 0 Å². The summed E-state index contributed by atoms with van der Waals surface area (Å²) in [4.78, 5) is 0. The Morgan fingerprint density at radius 1 is 1.08 bits per heavy atom. The van der Waals surface area contributed by atoms with E-state index in [1.54, 1.807) is 0 Å². The SMILES string of the molecule is CC1=C(C)c2ccccc2[NH2+]1.[I-]. The largest absolute Gasteiger partial charge is 1.00 e. The summed E-state index contributed by atoms with van der Waals surface area (Å²) >= 11 is 0. The smallest absolute Gasteiger partial charge is 0.142 e. The molecule has 0 aliphatic carbocycles. The van der Waals surface area contributed by atoms with Crippen LogP contribution in [0.4, 0.5) is 5.69 Å². The van der Waals surface area contributed by atoms with E-state index >= 15 is 0 Å². The molecule has 0 fully saturated rings. The number of benzene rings is 1. The number of hydrogen-bond donors (Lipinski definition) is 1. The Bertz CT molecular complexity index is 328. The van der Waals surface area contributed by atoms with E-state index in [4.69, 9.17) is 0 Å². The molecule has 64 valence electrons. The summed E-state index contributed by atoms with van der Waals surface area (Å²) in [5.41, 5.74) is 5.57. The van der Waals surface area contributed by atoms with Crippen molar-refractivity contribution in [2.75, 3.05) is 0 Å². The first-order valence-corrected chi connectivity index (χ1v) is 3.90. The molecule has 1 aliphatic rings. The molecular formula is C10H12IN. The van der Waals surface area contributed by atoms with Gasteiger partial charge in [-0.25, -0.2) is 0 Å². The predicted octanol–water partition coefficient (Wildman–Crippen LogP) is -1.35. The molecule has 0 aromatic heterocycles. The lowest BCUT2D eigenvalue weighted by Gasteiger charge is -1.92. The summed E-state index contributed by atoms with van der Waals surface area (Å²) in [5.74, 6) is 0. The zero-order valence-corrected chi connectivity index (χ0v) is 9.42. The van der Waals surface area contributed by atoms with Crippen LogP contribution in [0.2, 0.25) is 0 Å². The van der Waals surface area contributed by atoms with Gasteiger partial charge < -0.3 is 24.0 Å². The van der Waals surface area contributed by atoms with Crippen molar-refractivity contribution >= 4 is 11.3 Å². The Kier molecular flexibility index (Phi) is 2.90.